The van der Waals surface area contributed by atoms with E-state index < -0.39 is 6.29 Å². The van der Waals surface area contributed by atoms with Crippen LogP contribution in [0.25, 0.3) is 0 Å². The van der Waals surface area contributed by atoms with Crippen molar-refractivity contribution in [3.05, 3.63) is 12.2 Å². The van der Waals surface area contributed by atoms with Gasteiger partial charge in [-0.25, -0.2) is 0 Å². The fourth-order valence-corrected chi connectivity index (χ4v) is 2.35. The van der Waals surface area contributed by atoms with Crippen LogP contribution < -0.4 is 0 Å². The summed E-state index contributed by atoms with van der Waals surface area (Å²) >= 11 is 0. The quantitative estimate of drug-likeness (QED) is 0.512. The van der Waals surface area contributed by atoms with Crippen molar-refractivity contribution in [3.63, 3.8) is 0 Å². The molecule has 2 rings (SSSR count). The molecule has 0 spiro atoms. The second-order valence-electron chi connectivity index (χ2n) is 3.97. The van der Waals surface area contributed by atoms with E-state index in [1.165, 1.54) is 12.8 Å². The van der Waals surface area contributed by atoms with Gasteiger partial charge in [-0.3, -0.25) is 0 Å². The lowest BCUT2D eigenvalue weighted by molar-refractivity contribution is -0.0982. The molecule has 0 radical (unpaired) electrons. The van der Waals surface area contributed by atoms with Gasteiger partial charge in [-0.15, -0.1) is 0 Å². The largest absolute Gasteiger partial charge is 0.368 e. The Morgan fingerprint density at radius 3 is 2.83 bits per heavy atom. The van der Waals surface area contributed by atoms with Crippen LogP contribution in [0, 0.1) is 17.8 Å². The lowest BCUT2D eigenvalue weighted by Crippen LogP contribution is -2.18. The van der Waals surface area contributed by atoms with Gasteiger partial charge in [0.15, 0.2) is 6.29 Å². The molecule has 12 heavy (non-hydrogen) atoms. The van der Waals surface area contributed by atoms with Crippen LogP contribution in [0.4, 0.5) is 0 Å². The first kappa shape index (κ1) is 8.27. The molecule has 2 aliphatic rings. The van der Waals surface area contributed by atoms with Crippen LogP contribution in [-0.4, -0.2) is 18.0 Å². The second-order valence-corrected chi connectivity index (χ2v) is 3.97. The molecule has 2 heteroatoms. The standard InChI is InChI=1S/C10H16O2/c1-7(11)12-6-10-5-8-2-3-9(10)4-8/h2-3,7-11H,4-6H2,1H3. The summed E-state index contributed by atoms with van der Waals surface area (Å²) in [5.74, 6) is 2.20. The summed E-state index contributed by atoms with van der Waals surface area (Å²) in [6, 6.07) is 0. The topological polar surface area (TPSA) is 29.5 Å². The molecule has 2 nitrogen and oxygen atoms in total. The van der Waals surface area contributed by atoms with Crippen LogP contribution in [0.15, 0.2) is 12.2 Å². The van der Waals surface area contributed by atoms with Gasteiger partial charge in [0.2, 0.25) is 0 Å². The van der Waals surface area contributed by atoms with Gasteiger partial charge in [0.1, 0.15) is 0 Å². The average Bonchev–Trinajstić information content (AvgIpc) is 2.60. The van der Waals surface area contributed by atoms with Gasteiger partial charge in [-0.2, -0.15) is 0 Å². The predicted octanol–water partition coefficient (Wildman–Crippen LogP) is 1.55. The molecular formula is C10H16O2. The molecule has 0 heterocycles. The molecule has 2 bridgehead atoms. The Kier molecular flexibility index (Phi) is 2.20. The Balaban J connectivity index is 1.80. The predicted molar refractivity (Wildman–Crippen MR) is 46.5 cm³/mol. The van der Waals surface area contributed by atoms with Crippen LogP contribution in [-0.2, 0) is 4.74 Å². The fourth-order valence-electron chi connectivity index (χ4n) is 2.35. The summed E-state index contributed by atoms with van der Waals surface area (Å²) in [4.78, 5) is 0. The van der Waals surface area contributed by atoms with Crippen molar-refractivity contribution in [2.24, 2.45) is 17.8 Å². The van der Waals surface area contributed by atoms with Gasteiger partial charge in [0.05, 0.1) is 6.61 Å². The van der Waals surface area contributed by atoms with E-state index in [9.17, 15) is 0 Å². The van der Waals surface area contributed by atoms with E-state index in [1.807, 2.05) is 0 Å². The first-order chi connectivity index (χ1) is 5.75. The van der Waals surface area contributed by atoms with E-state index in [4.69, 9.17) is 9.84 Å². The van der Waals surface area contributed by atoms with Gasteiger partial charge < -0.3 is 9.84 Å². The molecule has 0 aromatic carbocycles. The number of aliphatic hydroxyl groups excluding tert-OH is 1. The van der Waals surface area contributed by atoms with E-state index in [-0.39, 0.29) is 0 Å². The zero-order valence-electron chi connectivity index (χ0n) is 7.44. The highest BCUT2D eigenvalue weighted by atomic mass is 16.6. The van der Waals surface area contributed by atoms with Crippen molar-refractivity contribution < 1.29 is 9.84 Å². The third-order valence-corrected chi connectivity index (χ3v) is 2.97. The number of hydrogen-bond acceptors (Lipinski definition) is 2. The number of rotatable bonds is 3. The van der Waals surface area contributed by atoms with Crippen LogP contribution in [0.1, 0.15) is 19.8 Å². The number of ether oxygens (including phenoxy) is 1. The Morgan fingerprint density at radius 2 is 2.33 bits per heavy atom. The van der Waals surface area contributed by atoms with Gasteiger partial charge in [0, 0.05) is 0 Å². The summed E-state index contributed by atoms with van der Waals surface area (Å²) < 4.78 is 5.20. The molecule has 0 aromatic rings. The summed E-state index contributed by atoms with van der Waals surface area (Å²) in [6.07, 6.45) is 6.60. The Morgan fingerprint density at radius 1 is 1.50 bits per heavy atom. The number of fused-ring (bicyclic) bond motifs is 2. The van der Waals surface area contributed by atoms with E-state index >= 15 is 0 Å². The number of aliphatic hydroxyl groups is 1. The maximum atomic E-state index is 8.94. The fraction of sp³-hybridized carbons (Fsp3) is 0.800. The summed E-state index contributed by atoms with van der Waals surface area (Å²) in [6.45, 7) is 2.40. The molecule has 4 atom stereocenters. The lowest BCUT2D eigenvalue weighted by Gasteiger charge is -2.18. The minimum absolute atomic E-state index is 0.604. The lowest BCUT2D eigenvalue weighted by atomic mass is 9.95. The van der Waals surface area contributed by atoms with E-state index in [0.717, 1.165) is 18.4 Å². The molecular weight excluding hydrogens is 152 g/mol. The number of hydrogen-bond donors (Lipinski definition) is 1. The molecule has 0 amide bonds. The zero-order chi connectivity index (χ0) is 8.55. The van der Waals surface area contributed by atoms with Gasteiger partial charge in [-0.05, 0) is 37.5 Å². The summed E-state index contributed by atoms with van der Waals surface area (Å²) in [5, 5.41) is 8.94. The van der Waals surface area contributed by atoms with Gasteiger partial charge in [0.25, 0.3) is 0 Å². The monoisotopic (exact) mass is 168 g/mol. The Labute approximate surface area is 73.2 Å². The third-order valence-electron chi connectivity index (χ3n) is 2.97. The van der Waals surface area contributed by atoms with E-state index in [1.54, 1.807) is 6.92 Å². The first-order valence-corrected chi connectivity index (χ1v) is 4.73. The highest BCUT2D eigenvalue weighted by molar-refractivity contribution is 5.09. The molecule has 0 aromatic heterocycles. The van der Waals surface area contributed by atoms with Crippen molar-refractivity contribution in [3.8, 4) is 0 Å². The molecule has 1 saturated carbocycles. The van der Waals surface area contributed by atoms with Crippen molar-refractivity contribution in [1.82, 2.24) is 0 Å². The molecule has 68 valence electrons. The van der Waals surface area contributed by atoms with Gasteiger partial charge in [-0.1, -0.05) is 12.2 Å². The Bertz CT molecular complexity index is 186. The molecule has 2 aliphatic carbocycles. The Hall–Kier alpha value is -0.340. The summed E-state index contributed by atoms with van der Waals surface area (Å²) in [5.41, 5.74) is 0. The minimum atomic E-state index is -0.604. The smallest absolute Gasteiger partial charge is 0.151 e. The van der Waals surface area contributed by atoms with E-state index in [0.29, 0.717) is 5.92 Å². The van der Waals surface area contributed by atoms with Crippen molar-refractivity contribution in [1.29, 1.82) is 0 Å². The molecule has 1 N–H and O–H groups in total. The number of allylic oxidation sites excluding steroid dienone is 2. The van der Waals surface area contributed by atoms with Crippen molar-refractivity contribution >= 4 is 0 Å². The molecule has 1 fully saturated rings. The highest BCUT2D eigenvalue weighted by Gasteiger charge is 2.35. The summed E-state index contributed by atoms with van der Waals surface area (Å²) in [7, 11) is 0. The SMILES string of the molecule is CC(O)OCC1CC2C=CC1C2. The third kappa shape index (κ3) is 1.54. The maximum Gasteiger partial charge on any atom is 0.151 e. The zero-order valence-corrected chi connectivity index (χ0v) is 7.44. The molecule has 0 aliphatic heterocycles. The van der Waals surface area contributed by atoms with Crippen LogP contribution in [0.5, 0.6) is 0 Å². The first-order valence-electron chi connectivity index (χ1n) is 4.73. The van der Waals surface area contributed by atoms with Crippen molar-refractivity contribution in [2.45, 2.75) is 26.1 Å². The minimum Gasteiger partial charge on any atom is -0.368 e. The maximum absolute atomic E-state index is 8.94. The second kappa shape index (κ2) is 3.19. The molecule has 4 unspecified atom stereocenters. The normalized spacial score (nSPS) is 40.7. The van der Waals surface area contributed by atoms with Crippen LogP contribution in [0.2, 0.25) is 0 Å². The van der Waals surface area contributed by atoms with Crippen LogP contribution >= 0.6 is 0 Å². The van der Waals surface area contributed by atoms with E-state index in [2.05, 4.69) is 12.2 Å². The average molecular weight is 168 g/mol. The van der Waals surface area contributed by atoms with Crippen molar-refractivity contribution in [2.75, 3.05) is 6.61 Å². The highest BCUT2D eigenvalue weighted by Crippen LogP contribution is 2.43. The van der Waals surface area contributed by atoms with Crippen LogP contribution in [0.3, 0.4) is 0 Å². The molecule has 0 saturated heterocycles. The van der Waals surface area contributed by atoms with Gasteiger partial charge >= 0.3 is 0 Å².